The van der Waals surface area contributed by atoms with Gasteiger partial charge in [0.15, 0.2) is 11.9 Å². The number of aromatic hydroxyl groups is 1. The summed E-state index contributed by atoms with van der Waals surface area (Å²) in [6.07, 6.45) is 1.92. The lowest BCUT2D eigenvalue weighted by atomic mass is 9.99. The number of aromatic amines is 1. The van der Waals surface area contributed by atoms with Gasteiger partial charge in [0.25, 0.3) is 0 Å². The molecule has 0 aliphatic heterocycles. The summed E-state index contributed by atoms with van der Waals surface area (Å²) in [5, 5.41) is 49.6. The van der Waals surface area contributed by atoms with Crippen molar-refractivity contribution >= 4 is 83.7 Å². The molecule has 0 fully saturated rings. The van der Waals surface area contributed by atoms with Gasteiger partial charge in [0.1, 0.15) is 54.1 Å². The monoisotopic (exact) mass is 1200 g/mol. The molecule has 8 amide bonds. The Labute approximate surface area is 493 Å². The highest BCUT2D eigenvalue weighted by Gasteiger charge is 2.36. The smallest absolute Gasteiger partial charge is 0.326 e. The maximum atomic E-state index is 14.4. The first-order chi connectivity index (χ1) is 39.5. The molecule has 0 spiro atoms. The van der Waals surface area contributed by atoms with Crippen LogP contribution in [0.1, 0.15) is 111 Å². The Hall–Kier alpha value is -8.22. The first-order valence-electron chi connectivity index (χ1n) is 27.6. The van der Waals surface area contributed by atoms with Crippen molar-refractivity contribution in [2.45, 2.75) is 167 Å². The molecule has 31 heteroatoms. The van der Waals surface area contributed by atoms with E-state index in [4.69, 9.17) is 28.7 Å². The number of aromatic nitrogens is 2. The summed E-state index contributed by atoms with van der Waals surface area (Å²) < 4.78 is 0. The zero-order valence-electron chi connectivity index (χ0n) is 48.4. The van der Waals surface area contributed by atoms with Crippen LogP contribution in [-0.4, -0.2) is 170 Å². The van der Waals surface area contributed by atoms with E-state index in [-0.39, 0.29) is 112 Å². The fourth-order valence-corrected chi connectivity index (χ4v) is 8.62. The number of hydrogen-bond acceptors (Lipinski definition) is 16. The molecular formula is C53H87N17O13S. The maximum absolute atomic E-state index is 14.4. The van der Waals surface area contributed by atoms with E-state index in [1.807, 2.05) is 0 Å². The lowest BCUT2D eigenvalue weighted by Gasteiger charge is -2.29. The number of rotatable bonds is 39. The molecule has 468 valence electrons. The highest BCUT2D eigenvalue weighted by molar-refractivity contribution is 7.80. The Balaban J connectivity index is 2.38. The number of nitrogens with one attached hydrogen (secondary N) is 9. The number of carboxylic acid groups (broad SMARTS) is 2. The van der Waals surface area contributed by atoms with Crippen LogP contribution in [0.15, 0.2) is 46.8 Å². The van der Waals surface area contributed by atoms with Crippen molar-refractivity contribution in [2.24, 2.45) is 56.4 Å². The molecule has 0 radical (unpaired) electrons. The number of carboxylic acids is 2. The van der Waals surface area contributed by atoms with Crippen molar-refractivity contribution in [3.8, 4) is 5.75 Å². The van der Waals surface area contributed by atoms with Crippen LogP contribution in [0.5, 0.6) is 5.75 Å². The number of carbonyl (C=O) groups is 10. The molecule has 0 aliphatic rings. The van der Waals surface area contributed by atoms with Crippen molar-refractivity contribution in [1.82, 2.24) is 52.5 Å². The van der Waals surface area contributed by atoms with Gasteiger partial charge in [0.05, 0.1) is 12.4 Å². The van der Waals surface area contributed by atoms with Gasteiger partial charge < -0.3 is 91.5 Å². The minimum Gasteiger partial charge on any atom is -0.508 e. The summed E-state index contributed by atoms with van der Waals surface area (Å²) in [6, 6.07) is -6.16. The maximum Gasteiger partial charge on any atom is 0.326 e. The average molecular weight is 1200 g/mol. The molecule has 9 atom stereocenters. The van der Waals surface area contributed by atoms with Crippen LogP contribution < -0.4 is 71.2 Å². The second-order valence-corrected chi connectivity index (χ2v) is 21.9. The molecule has 1 aromatic heterocycles. The summed E-state index contributed by atoms with van der Waals surface area (Å²) in [6.45, 7) is 10.8. The van der Waals surface area contributed by atoms with Crippen LogP contribution in [0.2, 0.25) is 0 Å². The standard InChI is InChI=1S/C53H87N17O13S/c1-27(2)19-37(46(77)64-35(15-16-42(72)73)45(76)65-36(51(82)83)10-8-18-61-53(57)58)68-50(81)41(25-84)70-48(79)39(21-29(5)6)66-47(78)38(20-28(3)4)67-49(80)40(23-31-24-59-26-62-31)69-44(75)34(9-7-17-60-52(55)56)63-43(74)33(54)22-30-11-13-32(71)14-12-30/h11-14,24,26-29,33-41,71,84H,7-10,15-23,25,54H2,1-6H3,(H,59,62)(H,63,74)(H,64,77)(H,65,76)(H,66,78)(H,67,80)(H,68,81)(H,69,75)(H,70,79)(H,72,73)(H,82,83)(H4,55,56,60)(H4,57,58,61)/t33-,34-,35-,36-,37-,38-,39-,40-,41-/m0/s1. The lowest BCUT2D eigenvalue weighted by molar-refractivity contribution is -0.143. The van der Waals surface area contributed by atoms with Crippen molar-refractivity contribution < 1.29 is 63.3 Å². The number of phenols is 1. The number of guanidine groups is 2. The molecule has 1 heterocycles. The van der Waals surface area contributed by atoms with Crippen molar-refractivity contribution in [1.29, 1.82) is 0 Å². The van der Waals surface area contributed by atoms with E-state index in [1.165, 1.54) is 24.7 Å². The van der Waals surface area contributed by atoms with E-state index in [9.17, 15) is 63.3 Å². The first-order valence-corrected chi connectivity index (χ1v) is 28.2. The fraction of sp³-hybridized carbons (Fsp3) is 0.604. The van der Waals surface area contributed by atoms with E-state index in [0.717, 1.165) is 0 Å². The summed E-state index contributed by atoms with van der Waals surface area (Å²) >= 11 is 4.30. The summed E-state index contributed by atoms with van der Waals surface area (Å²) in [5.41, 5.74) is 29.0. The number of aliphatic carboxylic acids is 2. The van der Waals surface area contributed by atoms with Crippen LogP contribution >= 0.6 is 12.6 Å². The van der Waals surface area contributed by atoms with Crippen LogP contribution in [0.3, 0.4) is 0 Å². The normalized spacial score (nSPS) is 14.4. The zero-order chi connectivity index (χ0) is 63.2. The number of nitrogens with zero attached hydrogens (tertiary/aromatic N) is 3. The predicted octanol–water partition coefficient (Wildman–Crippen LogP) is -2.77. The van der Waals surface area contributed by atoms with E-state index in [0.29, 0.717) is 11.3 Å². The summed E-state index contributed by atoms with van der Waals surface area (Å²) in [7, 11) is 0. The third-order valence-electron chi connectivity index (χ3n) is 12.6. The number of thiol groups is 1. The Morgan fingerprint density at radius 1 is 0.536 bits per heavy atom. The molecule has 30 nitrogen and oxygen atoms in total. The third-order valence-corrected chi connectivity index (χ3v) is 13.0. The third kappa shape index (κ3) is 28.2. The van der Waals surface area contributed by atoms with Gasteiger partial charge in [-0.15, -0.1) is 0 Å². The Morgan fingerprint density at radius 3 is 1.33 bits per heavy atom. The van der Waals surface area contributed by atoms with Gasteiger partial charge in [-0.25, -0.2) is 9.78 Å². The molecular weight excluding hydrogens is 1110 g/mol. The molecule has 0 saturated carbocycles. The van der Waals surface area contributed by atoms with Gasteiger partial charge in [0.2, 0.25) is 47.3 Å². The van der Waals surface area contributed by atoms with Crippen LogP contribution in [-0.2, 0) is 60.8 Å². The highest BCUT2D eigenvalue weighted by Crippen LogP contribution is 2.15. The summed E-state index contributed by atoms with van der Waals surface area (Å²) in [4.78, 5) is 150. The predicted molar refractivity (Wildman–Crippen MR) is 314 cm³/mol. The van der Waals surface area contributed by atoms with Gasteiger partial charge in [-0.3, -0.25) is 53.1 Å². The van der Waals surface area contributed by atoms with Gasteiger partial charge in [-0.1, -0.05) is 53.7 Å². The Bertz CT molecular complexity index is 2540. The average Bonchev–Trinajstić information content (AvgIpc) is 4.04. The number of amides is 8. The number of nitrogens with two attached hydrogens (primary N) is 5. The summed E-state index contributed by atoms with van der Waals surface area (Å²) in [5.74, 6) is -10.9. The molecule has 1 aromatic carbocycles. The number of benzene rings is 1. The molecule has 2 rings (SSSR count). The van der Waals surface area contributed by atoms with Crippen LogP contribution in [0.25, 0.3) is 0 Å². The number of imidazole rings is 1. The molecule has 0 saturated heterocycles. The number of H-pyrrole nitrogens is 1. The Morgan fingerprint density at radius 2 is 0.917 bits per heavy atom. The first kappa shape index (κ1) is 71.9. The quantitative estimate of drug-likeness (QED) is 0.0139. The lowest BCUT2D eigenvalue weighted by Crippen LogP contribution is -2.61. The Kier molecular flexibility index (Phi) is 31.7. The number of aliphatic imine (C=N–C) groups is 2. The number of hydrogen-bond donors (Lipinski definition) is 18. The van der Waals surface area contributed by atoms with Crippen molar-refractivity contribution in [2.75, 3.05) is 18.8 Å². The van der Waals surface area contributed by atoms with Gasteiger partial charge in [0, 0.05) is 43.6 Å². The van der Waals surface area contributed by atoms with E-state index in [2.05, 4.69) is 75.1 Å². The van der Waals surface area contributed by atoms with E-state index in [1.54, 1.807) is 53.7 Å². The SMILES string of the molecule is CC(C)C[C@H](NC(=O)[C@H](CS)NC(=O)[C@H](CC(C)C)NC(=O)[C@H](CC(C)C)NC(=O)[C@H](Cc1cnc[nH]1)NC(=O)[C@H](CCCN=C(N)N)NC(=O)[C@@H](N)Cc1ccc(O)cc1)C(=O)N[C@@H](CCC(=O)O)C(=O)N[C@@H](CCCN=C(N)N)C(=O)O. The molecule has 0 bridgehead atoms. The van der Waals surface area contributed by atoms with E-state index >= 15 is 0 Å². The number of carbonyl (C=O) groups excluding carboxylic acids is 8. The molecule has 0 unspecified atom stereocenters. The van der Waals surface area contributed by atoms with Crippen molar-refractivity contribution in [3.05, 3.63) is 48.0 Å². The van der Waals surface area contributed by atoms with Crippen LogP contribution in [0, 0.1) is 17.8 Å². The minimum absolute atomic E-state index is 0.000256. The van der Waals surface area contributed by atoms with Gasteiger partial charge >= 0.3 is 11.9 Å². The van der Waals surface area contributed by atoms with E-state index < -0.39 is 126 Å². The van der Waals surface area contributed by atoms with Crippen molar-refractivity contribution in [3.63, 3.8) is 0 Å². The largest absolute Gasteiger partial charge is 0.508 e. The van der Waals surface area contributed by atoms with Crippen LogP contribution in [0.4, 0.5) is 0 Å². The fourth-order valence-electron chi connectivity index (χ4n) is 8.36. The molecule has 22 N–H and O–H groups in total. The molecule has 84 heavy (non-hydrogen) atoms. The highest BCUT2D eigenvalue weighted by atomic mass is 32.1. The zero-order valence-corrected chi connectivity index (χ0v) is 49.3. The minimum atomic E-state index is -1.56. The second kappa shape index (κ2) is 37.1. The molecule has 2 aromatic rings. The second-order valence-electron chi connectivity index (χ2n) is 21.5. The number of phenolic OH excluding ortho intramolecular Hbond substituents is 1. The molecule has 0 aliphatic carbocycles. The topological polar surface area (TPSA) is 511 Å². The van der Waals surface area contributed by atoms with Gasteiger partial charge in [-0.05, 0) is 93.2 Å². The van der Waals surface area contributed by atoms with Gasteiger partial charge in [-0.2, -0.15) is 12.6 Å².